The Morgan fingerprint density at radius 3 is 2.29 bits per heavy atom. The minimum absolute atomic E-state index is 0.225. The van der Waals surface area contributed by atoms with Crippen molar-refractivity contribution in [3.8, 4) is 0 Å². The van der Waals surface area contributed by atoms with Gasteiger partial charge in [-0.3, -0.25) is 0 Å². The molecule has 17 heavy (non-hydrogen) atoms. The maximum absolute atomic E-state index is 5.79. The van der Waals surface area contributed by atoms with Crippen molar-refractivity contribution in [1.29, 1.82) is 0 Å². The fourth-order valence-electron chi connectivity index (χ4n) is 2.59. The molecular weight excluding hydrogens is 212 g/mol. The molecule has 1 aliphatic rings. The predicted octanol–water partition coefficient (Wildman–Crippen LogP) is 3.58. The first-order valence-electron chi connectivity index (χ1n) is 6.44. The number of methoxy groups -OCH3 is 1. The maximum Gasteiger partial charge on any atom is 0.0851 e. The molecule has 0 amide bonds. The summed E-state index contributed by atoms with van der Waals surface area (Å²) in [6, 6.07) is 10.5. The monoisotopic (exact) mass is 234 g/mol. The molecule has 0 radical (unpaired) electrons. The molecule has 1 aromatic rings. The third kappa shape index (κ3) is 3.08. The van der Waals surface area contributed by atoms with E-state index in [1.165, 1.54) is 5.56 Å². The second kappa shape index (κ2) is 5.65. The van der Waals surface area contributed by atoms with E-state index in [1.54, 1.807) is 7.11 Å². The molecule has 1 saturated carbocycles. The van der Waals surface area contributed by atoms with Crippen LogP contribution in [0.15, 0.2) is 30.3 Å². The minimum atomic E-state index is 0.225. The van der Waals surface area contributed by atoms with Crippen molar-refractivity contribution in [1.82, 2.24) is 0 Å². The molecule has 1 unspecified atom stereocenters. The second-order valence-corrected chi connectivity index (χ2v) is 5.11. The van der Waals surface area contributed by atoms with E-state index in [0.717, 1.165) is 12.8 Å². The largest absolute Gasteiger partial charge is 0.376 e. The molecular formula is C15H22O2. The minimum Gasteiger partial charge on any atom is -0.376 e. The average molecular weight is 234 g/mol. The second-order valence-electron chi connectivity index (χ2n) is 5.11. The van der Waals surface area contributed by atoms with Crippen molar-refractivity contribution in [3.63, 3.8) is 0 Å². The van der Waals surface area contributed by atoms with E-state index in [4.69, 9.17) is 9.47 Å². The summed E-state index contributed by atoms with van der Waals surface area (Å²) < 4.78 is 11.4. The van der Waals surface area contributed by atoms with Gasteiger partial charge in [0.15, 0.2) is 0 Å². The van der Waals surface area contributed by atoms with Crippen LogP contribution in [0.1, 0.15) is 38.4 Å². The van der Waals surface area contributed by atoms with Crippen LogP contribution in [-0.2, 0) is 9.47 Å². The van der Waals surface area contributed by atoms with Gasteiger partial charge >= 0.3 is 0 Å². The molecule has 0 spiro atoms. The van der Waals surface area contributed by atoms with Crippen molar-refractivity contribution < 1.29 is 9.47 Å². The van der Waals surface area contributed by atoms with Crippen LogP contribution >= 0.6 is 0 Å². The number of benzene rings is 1. The molecule has 2 heteroatoms. The molecule has 2 nitrogen and oxygen atoms in total. The fraction of sp³-hybridized carbons (Fsp3) is 0.600. The van der Waals surface area contributed by atoms with Crippen LogP contribution < -0.4 is 0 Å². The van der Waals surface area contributed by atoms with Gasteiger partial charge in [0.25, 0.3) is 0 Å². The summed E-state index contributed by atoms with van der Waals surface area (Å²) in [4.78, 5) is 0. The lowest BCUT2D eigenvalue weighted by Gasteiger charge is -2.40. The van der Waals surface area contributed by atoms with Gasteiger partial charge < -0.3 is 9.47 Å². The Hall–Kier alpha value is -0.860. The highest BCUT2D eigenvalue weighted by molar-refractivity contribution is 5.19. The lowest BCUT2D eigenvalue weighted by Crippen LogP contribution is -2.37. The Morgan fingerprint density at radius 2 is 1.76 bits per heavy atom. The zero-order valence-electron chi connectivity index (χ0n) is 10.9. The van der Waals surface area contributed by atoms with Gasteiger partial charge in [-0.15, -0.1) is 0 Å². The summed E-state index contributed by atoms with van der Waals surface area (Å²) >= 11 is 0. The normalized spacial score (nSPS) is 25.6. The summed E-state index contributed by atoms with van der Waals surface area (Å²) in [5.74, 6) is 0.603. The first-order valence-corrected chi connectivity index (χ1v) is 6.44. The zero-order chi connectivity index (χ0) is 12.3. The lowest BCUT2D eigenvalue weighted by atomic mass is 9.76. The first kappa shape index (κ1) is 12.6. The Morgan fingerprint density at radius 1 is 1.12 bits per heavy atom. The van der Waals surface area contributed by atoms with Crippen LogP contribution in [0.25, 0.3) is 0 Å². The number of hydrogen-bond donors (Lipinski definition) is 0. The fourth-order valence-corrected chi connectivity index (χ4v) is 2.59. The molecule has 0 saturated heterocycles. The molecule has 1 atom stereocenters. The third-order valence-corrected chi connectivity index (χ3v) is 3.41. The molecule has 0 bridgehead atoms. The quantitative estimate of drug-likeness (QED) is 0.775. The van der Waals surface area contributed by atoms with Crippen LogP contribution in [0, 0.1) is 5.92 Å². The average Bonchev–Trinajstić information content (AvgIpc) is 2.27. The van der Waals surface area contributed by atoms with E-state index in [-0.39, 0.29) is 6.10 Å². The summed E-state index contributed by atoms with van der Waals surface area (Å²) in [5.41, 5.74) is 1.28. The van der Waals surface area contributed by atoms with Crippen molar-refractivity contribution in [2.45, 2.75) is 45.0 Å². The van der Waals surface area contributed by atoms with E-state index >= 15 is 0 Å². The molecule has 0 aliphatic heterocycles. The molecule has 2 rings (SSSR count). The Kier molecular flexibility index (Phi) is 4.19. The highest BCUT2D eigenvalue weighted by Crippen LogP contribution is 2.41. The van der Waals surface area contributed by atoms with Crippen molar-refractivity contribution in [2.75, 3.05) is 7.11 Å². The summed E-state index contributed by atoms with van der Waals surface area (Å²) in [5, 5.41) is 0. The van der Waals surface area contributed by atoms with Gasteiger partial charge in [0, 0.05) is 7.11 Å². The maximum atomic E-state index is 5.79. The zero-order valence-corrected chi connectivity index (χ0v) is 10.9. The third-order valence-electron chi connectivity index (χ3n) is 3.41. The molecule has 1 aromatic carbocycles. The van der Waals surface area contributed by atoms with Gasteiger partial charge in [-0.05, 0) is 38.2 Å². The van der Waals surface area contributed by atoms with Crippen molar-refractivity contribution >= 4 is 0 Å². The van der Waals surface area contributed by atoms with Gasteiger partial charge in [-0.25, -0.2) is 0 Å². The number of hydrogen-bond acceptors (Lipinski definition) is 2. The van der Waals surface area contributed by atoms with E-state index < -0.39 is 0 Å². The molecule has 0 heterocycles. The Balaban J connectivity index is 1.90. The molecule has 1 fully saturated rings. The Labute approximate surface area is 104 Å². The molecule has 0 N–H and O–H groups in total. The van der Waals surface area contributed by atoms with Crippen LogP contribution in [0.2, 0.25) is 0 Å². The van der Waals surface area contributed by atoms with Crippen LogP contribution in [0.3, 0.4) is 0 Å². The van der Waals surface area contributed by atoms with Gasteiger partial charge in [0.2, 0.25) is 0 Å². The number of ether oxygens (including phenoxy) is 2. The van der Waals surface area contributed by atoms with Crippen LogP contribution in [0.4, 0.5) is 0 Å². The summed E-state index contributed by atoms with van der Waals surface area (Å²) in [6.07, 6.45) is 3.22. The van der Waals surface area contributed by atoms with Gasteiger partial charge in [0.1, 0.15) is 0 Å². The van der Waals surface area contributed by atoms with Gasteiger partial charge in [-0.1, -0.05) is 30.3 Å². The van der Waals surface area contributed by atoms with Crippen molar-refractivity contribution in [2.24, 2.45) is 5.92 Å². The van der Waals surface area contributed by atoms with E-state index in [2.05, 4.69) is 38.1 Å². The first-order chi connectivity index (χ1) is 8.20. The number of rotatable bonds is 5. The van der Waals surface area contributed by atoms with E-state index in [9.17, 15) is 0 Å². The summed E-state index contributed by atoms with van der Waals surface area (Å²) in [7, 11) is 1.80. The summed E-state index contributed by atoms with van der Waals surface area (Å²) in [6.45, 7) is 4.19. The van der Waals surface area contributed by atoms with Crippen LogP contribution in [-0.4, -0.2) is 19.3 Å². The SMILES string of the molecule is COC(c1ccccc1)[C@H]1C[C@@H](OC(C)C)C1. The predicted molar refractivity (Wildman–Crippen MR) is 68.9 cm³/mol. The topological polar surface area (TPSA) is 18.5 Å². The van der Waals surface area contributed by atoms with E-state index in [0.29, 0.717) is 18.1 Å². The van der Waals surface area contributed by atoms with Gasteiger partial charge in [-0.2, -0.15) is 0 Å². The Bertz CT molecular complexity index is 328. The highest BCUT2D eigenvalue weighted by Gasteiger charge is 2.36. The van der Waals surface area contributed by atoms with Crippen molar-refractivity contribution in [3.05, 3.63) is 35.9 Å². The van der Waals surface area contributed by atoms with Crippen LogP contribution in [0.5, 0.6) is 0 Å². The highest BCUT2D eigenvalue weighted by atomic mass is 16.5. The standard InChI is InChI=1S/C15H22O2/c1-11(2)17-14-9-13(10-14)15(16-3)12-7-5-4-6-8-12/h4-8,11,13-15H,9-10H2,1-3H3/t13-,14+,15?. The molecule has 1 aliphatic carbocycles. The van der Waals surface area contributed by atoms with E-state index in [1.807, 2.05) is 6.07 Å². The molecule has 94 valence electrons. The lowest BCUT2D eigenvalue weighted by molar-refractivity contribution is -0.101. The van der Waals surface area contributed by atoms with Gasteiger partial charge in [0.05, 0.1) is 18.3 Å². The molecule has 0 aromatic heterocycles. The smallest absolute Gasteiger partial charge is 0.0851 e.